The molecule has 0 aromatic heterocycles. The topological polar surface area (TPSA) is 37.4 Å². The highest BCUT2D eigenvalue weighted by molar-refractivity contribution is 7.80. The fraction of sp³-hybridized carbons (Fsp3) is 0.750. The molecule has 0 aliphatic carbocycles. The van der Waals surface area contributed by atoms with E-state index in [-0.39, 0.29) is 17.7 Å². The Morgan fingerprint density at radius 1 is 1.50 bits per heavy atom. The van der Waals surface area contributed by atoms with E-state index in [1.165, 1.54) is 11.8 Å². The van der Waals surface area contributed by atoms with Gasteiger partial charge in [-0.3, -0.25) is 9.59 Å². The van der Waals surface area contributed by atoms with Gasteiger partial charge < -0.3 is 4.90 Å². The number of thiol groups is 1. The van der Waals surface area contributed by atoms with Crippen molar-refractivity contribution in [3.8, 4) is 0 Å². The maximum Gasteiger partial charge on any atom is 0.223 e. The van der Waals surface area contributed by atoms with Gasteiger partial charge in [0.05, 0.1) is 6.04 Å². The number of likely N-dealkylation sites (N-methyl/N-ethyl adjacent to an activating group) is 1. The van der Waals surface area contributed by atoms with Gasteiger partial charge in [-0.1, -0.05) is 0 Å². The Morgan fingerprint density at radius 3 is 2.33 bits per heavy atom. The molecule has 0 rings (SSSR count). The van der Waals surface area contributed by atoms with Crippen LogP contribution < -0.4 is 0 Å². The van der Waals surface area contributed by atoms with Gasteiger partial charge in [0.1, 0.15) is 0 Å². The summed E-state index contributed by atoms with van der Waals surface area (Å²) in [4.78, 5) is 23.6. The number of hydrogen-bond donors (Lipinski definition) is 1. The minimum atomic E-state index is -0.322. The largest absolute Gasteiger partial charge is 0.336 e. The van der Waals surface area contributed by atoms with Crippen LogP contribution in [0.4, 0.5) is 0 Å². The molecule has 12 heavy (non-hydrogen) atoms. The van der Waals surface area contributed by atoms with Crippen LogP contribution in [0.25, 0.3) is 0 Å². The van der Waals surface area contributed by atoms with Crippen LogP contribution in [0, 0.1) is 0 Å². The quantitative estimate of drug-likeness (QED) is 0.662. The van der Waals surface area contributed by atoms with Gasteiger partial charge in [0.15, 0.2) is 5.78 Å². The first kappa shape index (κ1) is 11.5. The molecule has 70 valence electrons. The summed E-state index contributed by atoms with van der Waals surface area (Å²) in [5.74, 6) is 0.492. The first-order chi connectivity index (χ1) is 5.50. The van der Waals surface area contributed by atoms with Crippen LogP contribution in [0.5, 0.6) is 0 Å². The molecular weight excluding hydrogens is 174 g/mol. The molecule has 0 fully saturated rings. The minimum absolute atomic E-state index is 0.00464. The highest BCUT2D eigenvalue weighted by Gasteiger charge is 2.17. The van der Waals surface area contributed by atoms with Crippen molar-refractivity contribution in [1.82, 2.24) is 4.90 Å². The van der Waals surface area contributed by atoms with E-state index >= 15 is 0 Å². The fourth-order valence-electron chi connectivity index (χ4n) is 0.761. The van der Waals surface area contributed by atoms with Gasteiger partial charge in [-0.2, -0.15) is 12.6 Å². The zero-order chi connectivity index (χ0) is 9.72. The zero-order valence-electron chi connectivity index (χ0n) is 7.70. The van der Waals surface area contributed by atoms with Gasteiger partial charge in [0.25, 0.3) is 0 Å². The van der Waals surface area contributed by atoms with Crippen molar-refractivity contribution in [2.75, 3.05) is 12.8 Å². The van der Waals surface area contributed by atoms with Crippen LogP contribution in [0.2, 0.25) is 0 Å². The van der Waals surface area contributed by atoms with E-state index < -0.39 is 0 Å². The maximum atomic E-state index is 11.2. The normalized spacial score (nSPS) is 12.3. The number of nitrogens with zero attached hydrogens (tertiary/aromatic N) is 1. The molecule has 0 saturated carbocycles. The minimum Gasteiger partial charge on any atom is -0.336 e. The maximum absolute atomic E-state index is 11.2. The van der Waals surface area contributed by atoms with Crippen molar-refractivity contribution in [1.29, 1.82) is 0 Å². The van der Waals surface area contributed by atoms with Gasteiger partial charge >= 0.3 is 0 Å². The lowest BCUT2D eigenvalue weighted by Crippen LogP contribution is -2.39. The SMILES string of the molecule is CC(=O)[C@H](C)N(C)C(=O)CCS. The first-order valence-corrected chi connectivity index (χ1v) is 4.51. The first-order valence-electron chi connectivity index (χ1n) is 3.87. The summed E-state index contributed by atoms with van der Waals surface area (Å²) >= 11 is 3.94. The lowest BCUT2D eigenvalue weighted by molar-refractivity contribution is -0.136. The third-order valence-corrected chi connectivity index (χ3v) is 2.11. The third-order valence-electron chi connectivity index (χ3n) is 1.89. The number of ketones is 1. The van der Waals surface area contributed by atoms with E-state index in [0.717, 1.165) is 0 Å². The second-order valence-electron chi connectivity index (χ2n) is 2.76. The van der Waals surface area contributed by atoms with Gasteiger partial charge in [0, 0.05) is 13.5 Å². The van der Waals surface area contributed by atoms with E-state index in [1.807, 2.05) is 0 Å². The molecule has 1 amide bonds. The Hall–Kier alpha value is -0.510. The van der Waals surface area contributed by atoms with Gasteiger partial charge in [0.2, 0.25) is 5.91 Å². The lowest BCUT2D eigenvalue weighted by Gasteiger charge is -2.22. The summed E-state index contributed by atoms with van der Waals surface area (Å²) in [7, 11) is 1.64. The van der Waals surface area contributed by atoms with Gasteiger partial charge in [-0.15, -0.1) is 0 Å². The van der Waals surface area contributed by atoms with E-state index in [9.17, 15) is 9.59 Å². The van der Waals surface area contributed by atoms with Crippen molar-refractivity contribution in [3.05, 3.63) is 0 Å². The zero-order valence-corrected chi connectivity index (χ0v) is 8.60. The van der Waals surface area contributed by atoms with Crippen molar-refractivity contribution in [2.24, 2.45) is 0 Å². The molecule has 1 atom stereocenters. The van der Waals surface area contributed by atoms with Crippen LogP contribution >= 0.6 is 12.6 Å². The molecule has 0 unspecified atom stereocenters. The molecule has 0 aliphatic rings. The Bertz CT molecular complexity index is 182. The average molecular weight is 189 g/mol. The average Bonchev–Trinajstić information content (AvgIpc) is 2.02. The summed E-state index contributed by atoms with van der Waals surface area (Å²) < 4.78 is 0. The number of carbonyl (C=O) groups excluding carboxylic acids is 2. The molecule has 0 bridgehead atoms. The molecule has 0 radical (unpaired) electrons. The smallest absolute Gasteiger partial charge is 0.223 e. The number of Topliss-reactive ketones (excluding diaryl/α,β-unsaturated/α-hetero) is 1. The Kier molecular flexibility index (Phi) is 4.97. The van der Waals surface area contributed by atoms with Crippen LogP contribution in [0.3, 0.4) is 0 Å². The molecular formula is C8H15NO2S. The number of carbonyl (C=O) groups is 2. The Labute approximate surface area is 78.5 Å². The van der Waals surface area contributed by atoms with Crippen molar-refractivity contribution >= 4 is 24.3 Å². The highest BCUT2D eigenvalue weighted by Crippen LogP contribution is 2.00. The van der Waals surface area contributed by atoms with Crippen LogP contribution in [-0.2, 0) is 9.59 Å². The second kappa shape index (κ2) is 5.19. The monoisotopic (exact) mass is 189 g/mol. The predicted molar refractivity (Wildman–Crippen MR) is 51.4 cm³/mol. The second-order valence-corrected chi connectivity index (χ2v) is 3.21. The molecule has 0 heterocycles. The van der Waals surface area contributed by atoms with Crippen LogP contribution in [0.1, 0.15) is 20.3 Å². The number of hydrogen-bond acceptors (Lipinski definition) is 3. The van der Waals surface area contributed by atoms with Crippen molar-refractivity contribution in [2.45, 2.75) is 26.3 Å². The molecule has 0 aromatic rings. The molecule has 0 spiro atoms. The summed E-state index contributed by atoms with van der Waals surface area (Å²) in [6.45, 7) is 3.20. The van der Waals surface area contributed by atoms with E-state index in [2.05, 4.69) is 12.6 Å². The van der Waals surface area contributed by atoms with E-state index in [0.29, 0.717) is 12.2 Å². The van der Waals surface area contributed by atoms with Crippen molar-refractivity contribution < 1.29 is 9.59 Å². The molecule has 0 N–H and O–H groups in total. The summed E-state index contributed by atoms with van der Waals surface area (Å²) in [6, 6.07) is -0.322. The number of amides is 1. The van der Waals surface area contributed by atoms with Crippen LogP contribution in [0.15, 0.2) is 0 Å². The fourth-order valence-corrected chi connectivity index (χ4v) is 0.952. The molecule has 0 saturated heterocycles. The Balaban J connectivity index is 4.09. The predicted octanol–water partition coefficient (Wildman–Crippen LogP) is 0.742. The van der Waals surface area contributed by atoms with E-state index in [1.54, 1.807) is 14.0 Å². The van der Waals surface area contributed by atoms with Crippen LogP contribution in [-0.4, -0.2) is 35.4 Å². The standard InChI is InChI=1S/C8H15NO2S/c1-6(7(2)10)9(3)8(11)4-5-12/h6,12H,4-5H2,1-3H3/t6-/m0/s1. The van der Waals surface area contributed by atoms with Gasteiger partial charge in [-0.25, -0.2) is 0 Å². The Morgan fingerprint density at radius 2 is 2.00 bits per heavy atom. The van der Waals surface area contributed by atoms with Crippen molar-refractivity contribution in [3.63, 3.8) is 0 Å². The summed E-state index contributed by atoms with van der Waals surface area (Å²) in [5, 5.41) is 0. The van der Waals surface area contributed by atoms with Gasteiger partial charge in [-0.05, 0) is 19.6 Å². The van der Waals surface area contributed by atoms with E-state index in [4.69, 9.17) is 0 Å². The highest BCUT2D eigenvalue weighted by atomic mass is 32.1. The molecule has 4 heteroatoms. The lowest BCUT2D eigenvalue weighted by atomic mass is 10.2. The molecule has 0 aromatic carbocycles. The summed E-state index contributed by atoms with van der Waals surface area (Å²) in [5.41, 5.74) is 0. The molecule has 3 nitrogen and oxygen atoms in total. The number of rotatable bonds is 4. The molecule has 0 aliphatic heterocycles. The third kappa shape index (κ3) is 3.26. The summed E-state index contributed by atoms with van der Waals surface area (Å²) in [6.07, 6.45) is 0.386.